The molecule has 1 atom stereocenters. The highest BCUT2D eigenvalue weighted by molar-refractivity contribution is 5.26. The van der Waals surface area contributed by atoms with Gasteiger partial charge < -0.3 is 10.2 Å². The smallest absolute Gasteiger partial charge is 0.404 e. The van der Waals surface area contributed by atoms with Crippen LogP contribution in [0.25, 0.3) is 0 Å². The van der Waals surface area contributed by atoms with Crippen LogP contribution in [0.5, 0.6) is 0 Å². The van der Waals surface area contributed by atoms with Crippen molar-refractivity contribution in [3.63, 3.8) is 0 Å². The highest BCUT2D eigenvalue weighted by Crippen LogP contribution is 2.29. The van der Waals surface area contributed by atoms with E-state index in [1.165, 1.54) is 18.9 Å². The predicted octanol–water partition coefficient (Wildman–Crippen LogP) is 3.08. The van der Waals surface area contributed by atoms with Crippen LogP contribution in [0.1, 0.15) is 43.9 Å². The SMILES string of the molecule is NC(C1=CCCCCC1)c1ccc([N+](=O)[O-])o1. The number of allylic oxidation sites excluding steroid dienone is 1. The topological polar surface area (TPSA) is 82.3 Å². The van der Waals surface area contributed by atoms with Crippen LogP contribution in [-0.4, -0.2) is 4.92 Å². The van der Waals surface area contributed by atoms with E-state index in [2.05, 4.69) is 6.08 Å². The first-order valence-electron chi connectivity index (χ1n) is 5.87. The predicted molar refractivity (Wildman–Crippen MR) is 63.5 cm³/mol. The van der Waals surface area contributed by atoms with E-state index < -0.39 is 4.92 Å². The van der Waals surface area contributed by atoms with E-state index in [1.54, 1.807) is 6.07 Å². The molecule has 0 saturated heterocycles. The maximum Gasteiger partial charge on any atom is 0.433 e. The number of nitrogens with two attached hydrogens (primary N) is 1. The molecular formula is C12H16N2O3. The maximum absolute atomic E-state index is 10.5. The van der Waals surface area contributed by atoms with Crippen LogP contribution in [0.3, 0.4) is 0 Å². The monoisotopic (exact) mass is 236 g/mol. The van der Waals surface area contributed by atoms with Gasteiger partial charge in [-0.25, -0.2) is 0 Å². The van der Waals surface area contributed by atoms with Crippen molar-refractivity contribution < 1.29 is 9.34 Å². The molecule has 1 aliphatic rings. The van der Waals surface area contributed by atoms with E-state index in [9.17, 15) is 10.1 Å². The van der Waals surface area contributed by atoms with Gasteiger partial charge in [-0.2, -0.15) is 0 Å². The van der Waals surface area contributed by atoms with Gasteiger partial charge in [0.15, 0.2) is 0 Å². The summed E-state index contributed by atoms with van der Waals surface area (Å²) in [5.41, 5.74) is 7.20. The summed E-state index contributed by atoms with van der Waals surface area (Å²) in [4.78, 5) is 9.98. The third kappa shape index (κ3) is 2.74. The lowest BCUT2D eigenvalue weighted by atomic mass is 10.0. The molecule has 1 aromatic rings. The normalized spacial score (nSPS) is 18.3. The van der Waals surface area contributed by atoms with Crippen molar-refractivity contribution in [1.29, 1.82) is 0 Å². The van der Waals surface area contributed by atoms with Crippen LogP contribution in [0.2, 0.25) is 0 Å². The molecule has 0 bridgehead atoms. The molecule has 1 unspecified atom stereocenters. The second-order valence-corrected chi connectivity index (χ2v) is 4.29. The fraction of sp³-hybridized carbons (Fsp3) is 0.500. The zero-order valence-corrected chi connectivity index (χ0v) is 9.59. The fourth-order valence-corrected chi connectivity index (χ4v) is 2.11. The van der Waals surface area contributed by atoms with E-state index in [1.807, 2.05) is 0 Å². The summed E-state index contributed by atoms with van der Waals surface area (Å²) in [6.07, 6.45) is 7.66. The summed E-state index contributed by atoms with van der Waals surface area (Å²) in [5, 5.41) is 10.5. The second-order valence-electron chi connectivity index (χ2n) is 4.29. The Labute approximate surface area is 99.4 Å². The Morgan fingerprint density at radius 1 is 1.35 bits per heavy atom. The number of nitro groups is 1. The fourth-order valence-electron chi connectivity index (χ4n) is 2.11. The molecule has 0 saturated carbocycles. The molecule has 1 aliphatic carbocycles. The van der Waals surface area contributed by atoms with Crippen LogP contribution in [0.4, 0.5) is 5.88 Å². The average molecular weight is 236 g/mol. The molecule has 0 fully saturated rings. The van der Waals surface area contributed by atoms with Gasteiger partial charge in [-0.05, 0) is 37.3 Å². The van der Waals surface area contributed by atoms with Crippen LogP contribution >= 0.6 is 0 Å². The first kappa shape index (κ1) is 11.9. The van der Waals surface area contributed by atoms with Gasteiger partial charge in [0, 0.05) is 0 Å². The third-order valence-electron chi connectivity index (χ3n) is 3.07. The van der Waals surface area contributed by atoms with Crippen molar-refractivity contribution in [2.45, 2.75) is 38.1 Å². The van der Waals surface area contributed by atoms with E-state index in [0.29, 0.717) is 5.76 Å². The summed E-state index contributed by atoms with van der Waals surface area (Å²) < 4.78 is 5.14. The lowest BCUT2D eigenvalue weighted by molar-refractivity contribution is -0.402. The number of hydrogen-bond donors (Lipinski definition) is 1. The summed E-state index contributed by atoms with van der Waals surface area (Å²) in [7, 11) is 0. The first-order valence-corrected chi connectivity index (χ1v) is 5.87. The largest absolute Gasteiger partial charge is 0.433 e. The van der Waals surface area contributed by atoms with Gasteiger partial charge in [0.2, 0.25) is 0 Å². The van der Waals surface area contributed by atoms with Gasteiger partial charge in [0.05, 0.1) is 12.1 Å². The average Bonchev–Trinajstić information content (AvgIpc) is 2.65. The molecular weight excluding hydrogens is 220 g/mol. The number of furan rings is 1. The second kappa shape index (κ2) is 5.14. The van der Waals surface area contributed by atoms with E-state index in [4.69, 9.17) is 10.2 Å². The van der Waals surface area contributed by atoms with Crippen LogP contribution in [0.15, 0.2) is 28.2 Å². The minimum Gasteiger partial charge on any atom is -0.404 e. The summed E-state index contributed by atoms with van der Waals surface area (Å²) in [5.74, 6) is 0.231. The lowest BCUT2D eigenvalue weighted by Crippen LogP contribution is -2.12. The Morgan fingerprint density at radius 3 is 2.88 bits per heavy atom. The lowest BCUT2D eigenvalue weighted by Gasteiger charge is -2.12. The van der Waals surface area contributed by atoms with E-state index >= 15 is 0 Å². The zero-order chi connectivity index (χ0) is 12.3. The van der Waals surface area contributed by atoms with Crippen molar-refractivity contribution in [3.8, 4) is 0 Å². The Kier molecular flexibility index (Phi) is 3.58. The standard InChI is InChI=1S/C12H16N2O3/c13-12(9-5-3-1-2-4-6-9)10-7-8-11(17-10)14(15)16/h5,7-8,12H,1-4,6,13H2. The quantitative estimate of drug-likeness (QED) is 0.496. The molecule has 0 amide bonds. The van der Waals surface area contributed by atoms with Gasteiger partial charge >= 0.3 is 5.88 Å². The van der Waals surface area contributed by atoms with Gasteiger partial charge in [-0.15, -0.1) is 0 Å². The highest BCUT2D eigenvalue weighted by Gasteiger charge is 2.20. The zero-order valence-electron chi connectivity index (χ0n) is 9.59. The summed E-state index contributed by atoms with van der Waals surface area (Å²) in [6.45, 7) is 0. The first-order chi connectivity index (χ1) is 8.18. The molecule has 2 N–H and O–H groups in total. The summed E-state index contributed by atoms with van der Waals surface area (Å²) in [6, 6.07) is 2.60. The van der Waals surface area contributed by atoms with E-state index in [0.717, 1.165) is 24.8 Å². The van der Waals surface area contributed by atoms with Gasteiger partial charge in [0.25, 0.3) is 0 Å². The minimum absolute atomic E-state index is 0.246. The number of hydrogen-bond acceptors (Lipinski definition) is 4. The highest BCUT2D eigenvalue weighted by atomic mass is 16.6. The van der Waals surface area contributed by atoms with Gasteiger partial charge in [-0.3, -0.25) is 10.1 Å². The van der Waals surface area contributed by atoms with Gasteiger partial charge in [0.1, 0.15) is 10.7 Å². The third-order valence-corrected chi connectivity index (χ3v) is 3.07. The molecule has 0 spiro atoms. The molecule has 1 heterocycles. The Balaban J connectivity index is 2.14. The molecule has 92 valence electrons. The molecule has 0 aromatic carbocycles. The van der Waals surface area contributed by atoms with Crippen molar-refractivity contribution in [3.05, 3.63) is 39.7 Å². The van der Waals surface area contributed by atoms with Crippen molar-refractivity contribution in [2.75, 3.05) is 0 Å². The molecule has 2 rings (SSSR count). The number of rotatable bonds is 3. The van der Waals surface area contributed by atoms with Crippen LogP contribution < -0.4 is 5.73 Å². The Hall–Kier alpha value is -1.62. The summed E-state index contributed by atoms with van der Waals surface area (Å²) >= 11 is 0. The molecule has 0 radical (unpaired) electrons. The van der Waals surface area contributed by atoms with Crippen LogP contribution in [0, 0.1) is 10.1 Å². The Bertz CT molecular complexity index is 437. The van der Waals surface area contributed by atoms with Crippen molar-refractivity contribution in [1.82, 2.24) is 0 Å². The van der Waals surface area contributed by atoms with Crippen molar-refractivity contribution >= 4 is 5.88 Å². The van der Waals surface area contributed by atoms with Crippen LogP contribution in [-0.2, 0) is 0 Å². The minimum atomic E-state index is -0.544. The van der Waals surface area contributed by atoms with E-state index in [-0.39, 0.29) is 11.9 Å². The molecule has 17 heavy (non-hydrogen) atoms. The molecule has 5 heteroatoms. The maximum atomic E-state index is 10.5. The molecule has 0 aliphatic heterocycles. The van der Waals surface area contributed by atoms with Gasteiger partial charge in [-0.1, -0.05) is 12.5 Å². The molecule has 1 aromatic heterocycles. The van der Waals surface area contributed by atoms with Crippen molar-refractivity contribution in [2.24, 2.45) is 5.73 Å². The molecule has 5 nitrogen and oxygen atoms in total. The Morgan fingerprint density at radius 2 is 2.18 bits per heavy atom. The number of nitrogens with zero attached hydrogens (tertiary/aromatic N) is 1.